The van der Waals surface area contributed by atoms with Crippen molar-refractivity contribution >= 4 is 25.2 Å². The lowest BCUT2D eigenvalue weighted by atomic mass is 10.2. The quantitative estimate of drug-likeness (QED) is 0.467. The molecule has 0 unspecified atom stereocenters. The molecule has 4 nitrogen and oxygen atoms in total. The first kappa shape index (κ1) is 17.4. The van der Waals surface area contributed by atoms with Gasteiger partial charge in [0.2, 0.25) is 0 Å². The summed E-state index contributed by atoms with van der Waals surface area (Å²) in [4.78, 5) is 23.4. The van der Waals surface area contributed by atoms with Crippen LogP contribution < -0.4 is 9.92 Å². The van der Waals surface area contributed by atoms with E-state index in [4.69, 9.17) is 9.47 Å². The molecule has 1 heterocycles. The molecule has 1 fully saturated rings. The number of hydrogen-bond donors (Lipinski definition) is 0. The number of rotatable bonds is 5. The summed E-state index contributed by atoms with van der Waals surface area (Å²) >= 11 is 0. The molecule has 0 spiro atoms. The van der Waals surface area contributed by atoms with E-state index in [1.807, 2.05) is 12.1 Å². The molecule has 0 aliphatic carbocycles. The molecular formula is C20H22O4Si. The fourth-order valence-electron chi connectivity index (χ4n) is 3.10. The van der Waals surface area contributed by atoms with Crippen molar-refractivity contribution in [2.45, 2.75) is 38.6 Å². The third-order valence-electron chi connectivity index (χ3n) is 4.84. The Bertz CT molecular complexity index is 779. The van der Waals surface area contributed by atoms with Gasteiger partial charge in [-0.1, -0.05) is 66.6 Å². The van der Waals surface area contributed by atoms with Crippen LogP contribution >= 0.6 is 0 Å². The Hall–Kier alpha value is -2.40. The predicted octanol–water partition coefficient (Wildman–Crippen LogP) is 3.66. The van der Waals surface area contributed by atoms with Gasteiger partial charge in [-0.25, -0.2) is 4.79 Å². The zero-order valence-electron chi connectivity index (χ0n) is 14.6. The van der Waals surface area contributed by atoms with Crippen molar-refractivity contribution in [2.24, 2.45) is 0 Å². The fraction of sp³-hybridized carbons (Fsp3) is 0.300. The van der Waals surface area contributed by atoms with Gasteiger partial charge < -0.3 is 9.47 Å². The molecule has 25 heavy (non-hydrogen) atoms. The second-order valence-corrected chi connectivity index (χ2v) is 11.5. The van der Waals surface area contributed by atoms with Gasteiger partial charge in [-0.05, 0) is 17.7 Å². The maximum absolute atomic E-state index is 12.3. The number of benzene rings is 2. The van der Waals surface area contributed by atoms with E-state index in [0.717, 1.165) is 5.56 Å². The van der Waals surface area contributed by atoms with E-state index in [1.54, 1.807) is 24.3 Å². The van der Waals surface area contributed by atoms with E-state index >= 15 is 0 Å². The highest BCUT2D eigenvalue weighted by Gasteiger charge is 2.35. The van der Waals surface area contributed by atoms with Crippen molar-refractivity contribution in [3.8, 4) is 5.75 Å². The molecule has 1 aliphatic rings. The van der Waals surface area contributed by atoms with Crippen molar-refractivity contribution in [2.75, 3.05) is 0 Å². The van der Waals surface area contributed by atoms with Crippen LogP contribution in [0.5, 0.6) is 5.75 Å². The van der Waals surface area contributed by atoms with E-state index in [-0.39, 0.29) is 17.9 Å². The van der Waals surface area contributed by atoms with Crippen LogP contribution in [0.4, 0.5) is 0 Å². The Morgan fingerprint density at radius 1 is 1.04 bits per heavy atom. The van der Waals surface area contributed by atoms with Crippen molar-refractivity contribution in [3.63, 3.8) is 0 Å². The van der Waals surface area contributed by atoms with Gasteiger partial charge in [-0.2, -0.15) is 0 Å². The summed E-state index contributed by atoms with van der Waals surface area (Å²) in [5.74, 6) is -0.745. The van der Waals surface area contributed by atoms with Crippen LogP contribution in [0.25, 0.3) is 0 Å². The first-order valence-corrected chi connectivity index (χ1v) is 11.4. The lowest BCUT2D eigenvalue weighted by Gasteiger charge is -2.36. The number of carbonyl (C=O) groups is 2. The van der Waals surface area contributed by atoms with E-state index in [0.29, 0.717) is 0 Å². The van der Waals surface area contributed by atoms with Gasteiger partial charge >= 0.3 is 11.9 Å². The summed E-state index contributed by atoms with van der Waals surface area (Å²) in [6, 6.07) is 17.8. The van der Waals surface area contributed by atoms with Gasteiger partial charge in [0.25, 0.3) is 0 Å². The fourth-order valence-corrected chi connectivity index (χ4v) is 6.07. The molecule has 0 amide bonds. The van der Waals surface area contributed by atoms with E-state index < -0.39 is 20.0 Å². The monoisotopic (exact) mass is 354 g/mol. The van der Waals surface area contributed by atoms with E-state index in [1.165, 1.54) is 30.6 Å². The molecule has 0 radical (unpaired) electrons. The second kappa shape index (κ2) is 7.23. The van der Waals surface area contributed by atoms with Gasteiger partial charge in [-0.3, -0.25) is 4.79 Å². The number of para-hydroxylation sites is 1. The van der Waals surface area contributed by atoms with Crippen LogP contribution in [0.3, 0.4) is 0 Å². The van der Waals surface area contributed by atoms with Crippen molar-refractivity contribution < 1.29 is 19.1 Å². The lowest BCUT2D eigenvalue weighted by Crippen LogP contribution is -2.50. The highest BCUT2D eigenvalue weighted by atomic mass is 28.3. The maximum Gasteiger partial charge on any atom is 0.342 e. The highest BCUT2D eigenvalue weighted by molar-refractivity contribution is 6.92. The Morgan fingerprint density at radius 2 is 1.72 bits per heavy atom. The molecule has 0 N–H and O–H groups in total. The van der Waals surface area contributed by atoms with Crippen LogP contribution in [0, 0.1) is 0 Å². The minimum Gasteiger partial charge on any atom is -0.457 e. The number of esters is 2. The molecular weight excluding hydrogens is 332 g/mol. The van der Waals surface area contributed by atoms with Gasteiger partial charge in [0.1, 0.15) is 17.9 Å². The van der Waals surface area contributed by atoms with Crippen LogP contribution in [0.15, 0.2) is 48.5 Å². The standard InChI is InChI=1S/C20H22O4Si/c1-15(21)24-19-7-4-3-6-18(19)20(22)23-14-16-8-10-17(11-9-16)25(2)12-5-13-25/h3-4,6-11H,5,12-14H2,1-2H3. The predicted molar refractivity (Wildman–Crippen MR) is 98.8 cm³/mol. The molecule has 1 saturated heterocycles. The number of carbonyl (C=O) groups excluding carboxylic acids is 2. The van der Waals surface area contributed by atoms with Crippen LogP contribution in [0.1, 0.15) is 29.3 Å². The molecule has 3 rings (SSSR count). The summed E-state index contributed by atoms with van der Waals surface area (Å²) in [5, 5.41) is 1.48. The Labute approximate surface area is 148 Å². The zero-order valence-corrected chi connectivity index (χ0v) is 15.6. The molecule has 1 aliphatic heterocycles. The summed E-state index contributed by atoms with van der Waals surface area (Å²) in [6.45, 7) is 3.93. The average Bonchev–Trinajstić information content (AvgIpc) is 2.58. The summed E-state index contributed by atoms with van der Waals surface area (Å²) in [7, 11) is -1.17. The SMILES string of the molecule is CC(=O)Oc1ccccc1C(=O)OCc1ccc([Si]2(C)CCC2)cc1. The first-order chi connectivity index (χ1) is 12.0. The second-order valence-electron chi connectivity index (χ2n) is 6.78. The number of hydrogen-bond acceptors (Lipinski definition) is 4. The summed E-state index contributed by atoms with van der Waals surface area (Å²) in [5.41, 5.74) is 1.21. The molecule has 0 atom stereocenters. The lowest BCUT2D eigenvalue weighted by molar-refractivity contribution is -0.131. The van der Waals surface area contributed by atoms with Crippen LogP contribution in [-0.4, -0.2) is 20.0 Å². The zero-order chi connectivity index (χ0) is 17.9. The van der Waals surface area contributed by atoms with Crippen molar-refractivity contribution in [1.29, 1.82) is 0 Å². The van der Waals surface area contributed by atoms with Gasteiger partial charge in [0.15, 0.2) is 0 Å². The minimum absolute atomic E-state index is 0.200. The molecule has 0 saturated carbocycles. The van der Waals surface area contributed by atoms with Gasteiger partial charge in [-0.15, -0.1) is 0 Å². The number of ether oxygens (including phenoxy) is 2. The highest BCUT2D eigenvalue weighted by Crippen LogP contribution is 2.31. The largest absolute Gasteiger partial charge is 0.457 e. The minimum atomic E-state index is -1.17. The molecule has 0 aromatic heterocycles. The normalized spacial score (nSPS) is 15.1. The summed E-state index contributed by atoms with van der Waals surface area (Å²) in [6.07, 6.45) is 1.35. The van der Waals surface area contributed by atoms with Gasteiger partial charge in [0.05, 0.1) is 8.07 Å². The van der Waals surface area contributed by atoms with Crippen molar-refractivity contribution in [1.82, 2.24) is 0 Å². The maximum atomic E-state index is 12.3. The molecule has 0 bridgehead atoms. The molecule has 5 heteroatoms. The molecule has 2 aromatic carbocycles. The van der Waals surface area contributed by atoms with E-state index in [9.17, 15) is 9.59 Å². The molecule has 2 aromatic rings. The average molecular weight is 354 g/mol. The van der Waals surface area contributed by atoms with Crippen molar-refractivity contribution in [3.05, 3.63) is 59.7 Å². The third-order valence-corrected chi connectivity index (χ3v) is 9.48. The van der Waals surface area contributed by atoms with E-state index in [2.05, 4.69) is 18.7 Å². The van der Waals surface area contributed by atoms with Crippen LogP contribution in [0.2, 0.25) is 18.6 Å². The Morgan fingerprint density at radius 3 is 2.32 bits per heavy atom. The summed E-state index contributed by atoms with van der Waals surface area (Å²) < 4.78 is 10.4. The first-order valence-electron chi connectivity index (χ1n) is 8.52. The third kappa shape index (κ3) is 3.99. The topological polar surface area (TPSA) is 52.6 Å². The molecule has 130 valence electrons. The van der Waals surface area contributed by atoms with Crippen LogP contribution in [-0.2, 0) is 16.1 Å². The van der Waals surface area contributed by atoms with Gasteiger partial charge in [0, 0.05) is 6.92 Å². The smallest absolute Gasteiger partial charge is 0.342 e. The Kier molecular flexibility index (Phi) is 5.04. The Balaban J connectivity index is 1.64.